The number of benzene rings is 9. The molecule has 0 saturated heterocycles. The van der Waals surface area contributed by atoms with Gasteiger partial charge in [0.15, 0.2) is 5.43 Å². The SMILES string of the molecule is CNc1cc2c(cc1-c1cc3c(cc1C)nc1cc(-c4cc5nc6cc(C)c(=O)cc-6n(-c6ccccc6)c5cc4NC)c(NC)cc1[n+]3-c1ccccc1)Nc1cc(C)ccc1N2c1ccccc1.Cl.Cl.[Cl-]. The summed E-state index contributed by atoms with van der Waals surface area (Å²) in [5, 5.41) is 14.5. The van der Waals surface area contributed by atoms with Crippen molar-refractivity contribution in [2.75, 3.05) is 47.3 Å². The number of para-hydroxylation sites is 3. The molecule has 0 spiro atoms. The van der Waals surface area contributed by atoms with Gasteiger partial charge in [-0.2, -0.15) is 0 Å². The number of halogens is 3. The summed E-state index contributed by atoms with van der Waals surface area (Å²) in [6.07, 6.45) is 0. The molecule has 0 bridgehead atoms. The van der Waals surface area contributed by atoms with Crippen molar-refractivity contribution >= 4 is 103 Å². The molecule has 0 atom stereocenters. The first-order valence-corrected chi connectivity index (χ1v) is 23.6. The second-order valence-corrected chi connectivity index (χ2v) is 18.1. The zero-order valence-corrected chi connectivity index (χ0v) is 43.4. The molecule has 9 aromatic rings. The Kier molecular flexibility index (Phi) is 13.5. The number of aryl methyl sites for hydroxylation is 3. The molecule has 3 heterocycles. The van der Waals surface area contributed by atoms with E-state index in [2.05, 4.69) is 189 Å². The lowest BCUT2D eigenvalue weighted by Gasteiger charge is -2.35. The number of hydrogen-bond acceptors (Lipinski definition) is 8. The summed E-state index contributed by atoms with van der Waals surface area (Å²) in [6, 6.07) is 59.2. The van der Waals surface area contributed by atoms with Crippen LogP contribution in [0.5, 0.6) is 0 Å². The summed E-state index contributed by atoms with van der Waals surface area (Å²) in [6.45, 7) is 6.15. The Morgan fingerprint density at radius 3 is 1.77 bits per heavy atom. The van der Waals surface area contributed by atoms with E-state index in [1.807, 2.05) is 52.3 Å². The van der Waals surface area contributed by atoms with Crippen LogP contribution in [0.3, 0.4) is 0 Å². The minimum absolute atomic E-state index is 0. The van der Waals surface area contributed by atoms with Crippen molar-refractivity contribution in [3.63, 3.8) is 0 Å². The maximum Gasteiger partial charge on any atom is 0.239 e. The molecule has 0 saturated carbocycles. The Labute approximate surface area is 442 Å². The van der Waals surface area contributed by atoms with Crippen molar-refractivity contribution in [3.8, 4) is 45.0 Å². The van der Waals surface area contributed by atoms with Crippen LogP contribution in [0.25, 0.3) is 78.1 Å². The van der Waals surface area contributed by atoms with Crippen molar-refractivity contribution in [2.24, 2.45) is 0 Å². The molecule has 2 aliphatic heterocycles. The van der Waals surface area contributed by atoms with Crippen LogP contribution >= 0.6 is 24.8 Å². The molecule has 0 unspecified atom stereocenters. The van der Waals surface area contributed by atoms with Crippen molar-refractivity contribution in [1.82, 2.24) is 14.5 Å². The number of rotatable bonds is 8. The van der Waals surface area contributed by atoms with Gasteiger partial charge in [-0.1, -0.05) is 60.7 Å². The molecule has 4 N–H and O–H groups in total. The van der Waals surface area contributed by atoms with E-state index in [9.17, 15) is 4.79 Å². The first-order valence-electron chi connectivity index (χ1n) is 23.6. The number of nitrogens with zero attached hydrogens (tertiary/aromatic N) is 5. The first-order chi connectivity index (χ1) is 34.2. The number of hydrogen-bond donors (Lipinski definition) is 4. The molecule has 8 aromatic carbocycles. The van der Waals surface area contributed by atoms with E-state index in [1.165, 1.54) is 5.56 Å². The van der Waals surface area contributed by atoms with Gasteiger partial charge in [-0.25, -0.2) is 9.97 Å². The molecule has 13 heteroatoms. The second-order valence-electron chi connectivity index (χ2n) is 18.1. The van der Waals surface area contributed by atoms with Crippen LogP contribution < -0.4 is 48.6 Å². The minimum atomic E-state index is -0.0199. The zero-order chi connectivity index (χ0) is 47.8. The van der Waals surface area contributed by atoms with Crippen LogP contribution in [0, 0.1) is 20.8 Å². The van der Waals surface area contributed by atoms with Crippen LogP contribution in [-0.2, 0) is 0 Å². The molecule has 1 aromatic heterocycles. The average molecular weight is 1020 g/mol. The van der Waals surface area contributed by atoms with E-state index < -0.39 is 0 Å². The maximum absolute atomic E-state index is 13.1. The summed E-state index contributed by atoms with van der Waals surface area (Å²) >= 11 is 0. The van der Waals surface area contributed by atoms with Gasteiger partial charge in [-0.05, 0) is 122 Å². The van der Waals surface area contributed by atoms with Crippen molar-refractivity contribution < 1.29 is 17.0 Å². The van der Waals surface area contributed by atoms with Crippen LogP contribution in [0.4, 0.5) is 45.5 Å². The van der Waals surface area contributed by atoms with Crippen LogP contribution in [0.1, 0.15) is 16.7 Å². The van der Waals surface area contributed by atoms with Crippen molar-refractivity contribution in [3.05, 3.63) is 197 Å². The smallest absolute Gasteiger partial charge is 0.239 e. The van der Waals surface area contributed by atoms with Crippen molar-refractivity contribution in [2.45, 2.75) is 20.8 Å². The van der Waals surface area contributed by atoms with Gasteiger partial charge >= 0.3 is 0 Å². The highest BCUT2D eigenvalue weighted by Gasteiger charge is 2.29. The second kappa shape index (κ2) is 19.8. The summed E-state index contributed by atoms with van der Waals surface area (Å²) in [4.78, 5) is 26.1. The fraction of sp³-hybridized carbons (Fsp3) is 0.100. The molecule has 1 aliphatic carbocycles. The van der Waals surface area contributed by atoms with Crippen LogP contribution in [-0.4, -0.2) is 35.7 Å². The minimum Gasteiger partial charge on any atom is -1.00 e. The van der Waals surface area contributed by atoms with Gasteiger partial charge in [0.2, 0.25) is 16.7 Å². The Balaban J connectivity index is 0.00000219. The van der Waals surface area contributed by atoms with Gasteiger partial charge < -0.3 is 43.1 Å². The quantitative estimate of drug-likeness (QED) is 0.0882. The summed E-state index contributed by atoms with van der Waals surface area (Å²) in [5.41, 5.74) is 24.1. The Bertz CT molecular complexity index is 3950. The molecular formula is C60H52Cl3N9O. The van der Waals surface area contributed by atoms with E-state index in [-0.39, 0.29) is 42.6 Å². The standard InChI is InChI=1S/C60H49N9O.3ClH/c1-35-22-23-54-48(24-35)64-51-27-42(45(61-4)31-56(51)67(54)38-16-10-7-11-17-38)41-30-55-49(25-36(41)2)65-52-28-43(46(62-5)32-57(52)68(55)39-18-12-8-13-19-39)44-29-53-58(33-47(44)63-6)69(40-20-14-9-15-21-40)59-34-60(70)37(3)26-50(59)66-53;;;/h7-34H,1-6H3,(H3,61,62,63,64,65,66,70);3*1H. The molecule has 3 aliphatic rings. The molecule has 0 fully saturated rings. The molecule has 12 rings (SSSR count). The summed E-state index contributed by atoms with van der Waals surface area (Å²) < 4.78 is 4.47. The van der Waals surface area contributed by atoms with Gasteiger partial charge in [-0.15, -0.1) is 29.4 Å². The van der Waals surface area contributed by atoms with E-state index in [0.717, 1.165) is 129 Å². The topological polar surface area (TPSA) is 103 Å². The predicted octanol–water partition coefficient (Wildman–Crippen LogP) is 11.2. The molecule has 364 valence electrons. The lowest BCUT2D eigenvalue weighted by Crippen LogP contribution is -3.00. The van der Waals surface area contributed by atoms with E-state index >= 15 is 0 Å². The maximum atomic E-state index is 13.1. The van der Waals surface area contributed by atoms with Gasteiger partial charge in [-0.3, -0.25) is 4.79 Å². The normalized spacial score (nSPS) is 11.5. The van der Waals surface area contributed by atoms with Crippen molar-refractivity contribution in [1.29, 1.82) is 0 Å². The lowest BCUT2D eigenvalue weighted by molar-refractivity contribution is -0.538. The number of aromatic nitrogens is 4. The lowest BCUT2D eigenvalue weighted by atomic mass is 9.94. The molecule has 73 heavy (non-hydrogen) atoms. The fourth-order valence-electron chi connectivity index (χ4n) is 10.3. The Hall–Kier alpha value is -8.15. The number of fused-ring (bicyclic) bond motifs is 6. The third-order valence-corrected chi connectivity index (χ3v) is 13.7. The molecule has 0 amide bonds. The number of nitrogens with one attached hydrogen (secondary N) is 4. The fourth-order valence-corrected chi connectivity index (χ4v) is 10.3. The van der Waals surface area contributed by atoms with E-state index in [1.54, 1.807) is 6.07 Å². The molecule has 0 radical (unpaired) electrons. The predicted molar refractivity (Wildman–Crippen MR) is 304 cm³/mol. The van der Waals surface area contributed by atoms with E-state index in [0.29, 0.717) is 5.56 Å². The number of anilines is 8. The highest BCUT2D eigenvalue weighted by Crippen LogP contribution is 2.51. The third-order valence-electron chi connectivity index (χ3n) is 13.7. The molecular weight excluding hydrogens is 969 g/mol. The highest BCUT2D eigenvalue weighted by molar-refractivity contribution is 6.03. The Morgan fingerprint density at radius 1 is 0.507 bits per heavy atom. The van der Waals surface area contributed by atoms with Gasteiger partial charge in [0.25, 0.3) is 0 Å². The monoisotopic (exact) mass is 1020 g/mol. The van der Waals surface area contributed by atoms with Gasteiger partial charge in [0.05, 0.1) is 45.2 Å². The van der Waals surface area contributed by atoms with Gasteiger partial charge in [0.1, 0.15) is 11.0 Å². The average Bonchev–Trinajstić information content (AvgIpc) is 3.38. The third kappa shape index (κ3) is 8.37. The summed E-state index contributed by atoms with van der Waals surface area (Å²) in [7, 11) is 5.91. The largest absolute Gasteiger partial charge is 1.00 e. The summed E-state index contributed by atoms with van der Waals surface area (Å²) in [5.74, 6) is 0. The zero-order valence-electron chi connectivity index (χ0n) is 41.0. The van der Waals surface area contributed by atoms with Crippen LogP contribution in [0.15, 0.2) is 175 Å². The van der Waals surface area contributed by atoms with Crippen LogP contribution in [0.2, 0.25) is 0 Å². The van der Waals surface area contributed by atoms with E-state index in [4.69, 9.17) is 9.97 Å². The molecule has 10 nitrogen and oxygen atoms in total. The Morgan fingerprint density at radius 2 is 1.08 bits per heavy atom. The highest BCUT2D eigenvalue weighted by atomic mass is 35.5. The first kappa shape index (κ1) is 49.8. The van der Waals surface area contributed by atoms with Gasteiger partial charge in [0, 0.05) is 96.6 Å².